The monoisotopic (exact) mass is 284 g/mol. The molecule has 0 saturated heterocycles. The molecule has 0 bridgehead atoms. The number of sulfone groups is 1. The van der Waals surface area contributed by atoms with Gasteiger partial charge in [-0.1, -0.05) is 6.92 Å². The zero-order valence-corrected chi connectivity index (χ0v) is 11.0. The van der Waals surface area contributed by atoms with Crippen molar-refractivity contribution in [3.05, 3.63) is 27.9 Å². The summed E-state index contributed by atoms with van der Waals surface area (Å²) in [6.45, 7) is 1.68. The van der Waals surface area contributed by atoms with Crippen LogP contribution in [0.2, 0.25) is 0 Å². The highest BCUT2D eigenvalue weighted by atomic mass is 32.2. The molecule has 0 aliphatic heterocycles. The van der Waals surface area contributed by atoms with Gasteiger partial charge in [0.25, 0.3) is 0 Å². The van der Waals surface area contributed by atoms with Crippen molar-refractivity contribution in [1.82, 2.24) is 4.98 Å². The Kier molecular flexibility index (Phi) is 4.77. The van der Waals surface area contributed by atoms with Crippen LogP contribution in [0, 0.1) is 21.4 Å². The third-order valence-corrected chi connectivity index (χ3v) is 4.04. The second kappa shape index (κ2) is 6.10. The van der Waals surface area contributed by atoms with Crippen molar-refractivity contribution in [2.45, 2.75) is 6.92 Å². The highest BCUT2D eigenvalue weighted by molar-refractivity contribution is 7.91. The van der Waals surface area contributed by atoms with Gasteiger partial charge in [-0.25, -0.2) is 13.4 Å². The molecule has 9 heteroatoms. The smallest absolute Gasteiger partial charge is 0.305 e. The van der Waals surface area contributed by atoms with Crippen LogP contribution in [0.4, 0.5) is 11.5 Å². The molecule has 1 aromatic rings. The molecule has 102 valence electrons. The fourth-order valence-electron chi connectivity index (χ4n) is 1.26. The van der Waals surface area contributed by atoms with Crippen LogP contribution in [0.15, 0.2) is 12.1 Å². The first-order valence-electron chi connectivity index (χ1n) is 5.39. The Hall–Kier alpha value is -2.21. The molecule has 0 aromatic carbocycles. The van der Waals surface area contributed by atoms with Gasteiger partial charge >= 0.3 is 5.69 Å². The number of pyridine rings is 1. The fraction of sp³-hybridized carbons (Fsp3) is 0.400. The van der Waals surface area contributed by atoms with E-state index in [9.17, 15) is 18.5 Å². The number of rotatable bonds is 6. The molecule has 8 nitrogen and oxygen atoms in total. The fourth-order valence-corrected chi connectivity index (χ4v) is 1.96. The largest absolute Gasteiger partial charge is 0.369 e. The average molecular weight is 284 g/mol. The highest BCUT2D eigenvalue weighted by Gasteiger charge is 2.15. The summed E-state index contributed by atoms with van der Waals surface area (Å²) in [6, 6.07) is 4.11. The molecule has 0 aliphatic carbocycles. The Morgan fingerprint density at radius 1 is 1.53 bits per heavy atom. The van der Waals surface area contributed by atoms with E-state index in [4.69, 9.17) is 5.26 Å². The number of nitrogens with one attached hydrogen (secondary N) is 1. The summed E-state index contributed by atoms with van der Waals surface area (Å²) in [7, 11) is -3.09. The maximum absolute atomic E-state index is 11.3. The summed E-state index contributed by atoms with van der Waals surface area (Å²) < 4.78 is 22.5. The van der Waals surface area contributed by atoms with Crippen LogP contribution in [-0.2, 0) is 9.84 Å². The first-order valence-corrected chi connectivity index (χ1v) is 7.21. The minimum atomic E-state index is -3.09. The lowest BCUT2D eigenvalue weighted by atomic mass is 10.3. The maximum Gasteiger partial charge on any atom is 0.305 e. The summed E-state index contributed by atoms with van der Waals surface area (Å²) in [6.07, 6.45) is 0. The molecule has 19 heavy (non-hydrogen) atoms. The molecule has 0 atom stereocenters. The van der Waals surface area contributed by atoms with Gasteiger partial charge < -0.3 is 5.32 Å². The minimum Gasteiger partial charge on any atom is -0.369 e. The molecule has 1 aromatic heterocycles. The Morgan fingerprint density at radius 2 is 2.21 bits per heavy atom. The average Bonchev–Trinajstić information content (AvgIpc) is 2.38. The van der Waals surface area contributed by atoms with Crippen molar-refractivity contribution in [2.24, 2.45) is 0 Å². The van der Waals surface area contributed by atoms with Gasteiger partial charge in [0, 0.05) is 18.4 Å². The van der Waals surface area contributed by atoms with Crippen LogP contribution >= 0.6 is 0 Å². The molecule has 0 saturated carbocycles. The number of hydrogen-bond acceptors (Lipinski definition) is 7. The van der Waals surface area contributed by atoms with E-state index in [1.54, 1.807) is 13.0 Å². The van der Waals surface area contributed by atoms with Gasteiger partial charge in [-0.05, 0) is 6.07 Å². The van der Waals surface area contributed by atoms with Crippen molar-refractivity contribution in [3.8, 4) is 6.07 Å². The van der Waals surface area contributed by atoms with Gasteiger partial charge in [0.2, 0.25) is 5.69 Å². The van der Waals surface area contributed by atoms with E-state index in [1.165, 1.54) is 6.07 Å². The molecule has 0 spiro atoms. The van der Waals surface area contributed by atoms with Crippen LogP contribution in [-0.4, -0.2) is 36.4 Å². The van der Waals surface area contributed by atoms with Crippen molar-refractivity contribution in [2.75, 3.05) is 23.4 Å². The quantitative estimate of drug-likeness (QED) is 0.602. The van der Waals surface area contributed by atoms with Crippen LogP contribution in [0.25, 0.3) is 0 Å². The van der Waals surface area contributed by atoms with Crippen molar-refractivity contribution >= 4 is 21.3 Å². The van der Waals surface area contributed by atoms with Gasteiger partial charge in [0.05, 0.1) is 10.7 Å². The Morgan fingerprint density at radius 3 is 2.74 bits per heavy atom. The molecule has 0 aliphatic rings. The van der Waals surface area contributed by atoms with E-state index in [-0.39, 0.29) is 35.2 Å². The molecule has 1 N–H and O–H groups in total. The van der Waals surface area contributed by atoms with Crippen LogP contribution in [0.3, 0.4) is 0 Å². The SMILES string of the molecule is CCS(=O)(=O)CCNc1ccc([N+](=O)[O-])c(C#N)n1. The maximum atomic E-state index is 11.3. The summed E-state index contributed by atoms with van der Waals surface area (Å²) >= 11 is 0. The summed E-state index contributed by atoms with van der Waals surface area (Å²) in [4.78, 5) is 13.6. The number of nitriles is 1. The van der Waals surface area contributed by atoms with Gasteiger partial charge in [0.1, 0.15) is 11.9 Å². The number of anilines is 1. The Balaban J connectivity index is 2.77. The second-order valence-corrected chi connectivity index (χ2v) is 6.07. The third-order valence-electron chi connectivity index (χ3n) is 2.34. The number of hydrogen-bond donors (Lipinski definition) is 1. The van der Waals surface area contributed by atoms with E-state index >= 15 is 0 Å². The molecular formula is C10H12N4O4S. The van der Waals surface area contributed by atoms with Crippen molar-refractivity contribution in [1.29, 1.82) is 5.26 Å². The van der Waals surface area contributed by atoms with Crippen molar-refractivity contribution in [3.63, 3.8) is 0 Å². The molecule has 1 heterocycles. The lowest BCUT2D eigenvalue weighted by Crippen LogP contribution is -2.17. The predicted molar refractivity (Wildman–Crippen MR) is 68.4 cm³/mol. The first kappa shape index (κ1) is 14.8. The molecular weight excluding hydrogens is 272 g/mol. The third kappa shape index (κ3) is 4.18. The van der Waals surface area contributed by atoms with E-state index in [1.807, 2.05) is 0 Å². The zero-order chi connectivity index (χ0) is 14.5. The van der Waals surface area contributed by atoms with Gasteiger partial charge in [-0.15, -0.1) is 0 Å². The van der Waals surface area contributed by atoms with Gasteiger partial charge in [-0.2, -0.15) is 5.26 Å². The lowest BCUT2D eigenvalue weighted by Gasteiger charge is -2.05. The normalized spacial score (nSPS) is 10.7. The Labute approximate surface area is 110 Å². The summed E-state index contributed by atoms with van der Waals surface area (Å²) in [5.74, 6) is 0.212. The van der Waals surface area contributed by atoms with Gasteiger partial charge in [-0.3, -0.25) is 10.1 Å². The van der Waals surface area contributed by atoms with Crippen LogP contribution in [0.1, 0.15) is 12.6 Å². The van der Waals surface area contributed by atoms with Crippen LogP contribution in [0.5, 0.6) is 0 Å². The topological polar surface area (TPSA) is 126 Å². The highest BCUT2D eigenvalue weighted by Crippen LogP contribution is 2.17. The first-order chi connectivity index (χ1) is 8.89. The van der Waals surface area contributed by atoms with Crippen molar-refractivity contribution < 1.29 is 13.3 Å². The molecule has 1 rings (SSSR count). The van der Waals surface area contributed by atoms with Crippen LogP contribution < -0.4 is 5.32 Å². The molecule has 0 fully saturated rings. The van der Waals surface area contributed by atoms with Gasteiger partial charge in [0.15, 0.2) is 9.84 Å². The minimum absolute atomic E-state index is 0.0474. The number of nitro groups is 1. The number of aromatic nitrogens is 1. The standard InChI is InChI=1S/C10H12N4O4S/c1-2-19(17,18)6-5-12-10-4-3-9(14(15)16)8(7-11)13-10/h3-4H,2,5-6H2,1H3,(H,12,13). The zero-order valence-electron chi connectivity index (χ0n) is 10.2. The van der Waals surface area contributed by atoms with E-state index in [2.05, 4.69) is 10.3 Å². The van der Waals surface area contributed by atoms with E-state index in [0.717, 1.165) is 6.07 Å². The Bertz CT molecular complexity index is 621. The van der Waals surface area contributed by atoms with E-state index in [0.29, 0.717) is 0 Å². The molecule has 0 radical (unpaired) electrons. The predicted octanol–water partition coefficient (Wildman–Crippen LogP) is 0.708. The van der Waals surface area contributed by atoms with E-state index < -0.39 is 14.8 Å². The molecule has 0 amide bonds. The summed E-state index contributed by atoms with van der Waals surface area (Å²) in [5.41, 5.74) is -0.692. The summed E-state index contributed by atoms with van der Waals surface area (Å²) in [5, 5.41) is 22.0. The number of nitrogens with zero attached hydrogens (tertiary/aromatic N) is 3. The second-order valence-electron chi connectivity index (χ2n) is 3.60. The molecule has 0 unspecified atom stereocenters. The lowest BCUT2D eigenvalue weighted by molar-refractivity contribution is -0.385.